The standard InChI is InChI=1S/C22H25Cl3N2O4/c1-4-10-31-21-17(25)11-14(12-18(21)30-6-3)22(29)27(5-2)13-19(28)26-20-15(23)8-7-9-16(20)24/h7-9,11-12H,4-6,10,13H2,1-3H3,(H,26,28). The summed E-state index contributed by atoms with van der Waals surface area (Å²) in [5.41, 5.74) is 0.598. The second-order valence-electron chi connectivity index (χ2n) is 6.53. The number of anilines is 1. The van der Waals surface area contributed by atoms with E-state index in [1.165, 1.54) is 11.0 Å². The molecule has 0 aliphatic rings. The molecule has 168 valence electrons. The van der Waals surface area contributed by atoms with Crippen LogP contribution in [0.2, 0.25) is 15.1 Å². The number of benzene rings is 2. The van der Waals surface area contributed by atoms with E-state index in [0.717, 1.165) is 6.42 Å². The first-order chi connectivity index (χ1) is 14.8. The molecule has 0 spiro atoms. The maximum Gasteiger partial charge on any atom is 0.254 e. The summed E-state index contributed by atoms with van der Waals surface area (Å²) in [6.45, 7) is 6.55. The van der Waals surface area contributed by atoms with Crippen molar-refractivity contribution in [2.75, 3.05) is 31.6 Å². The van der Waals surface area contributed by atoms with Gasteiger partial charge in [-0.2, -0.15) is 0 Å². The molecular weight excluding hydrogens is 463 g/mol. The molecule has 6 nitrogen and oxygen atoms in total. The van der Waals surface area contributed by atoms with E-state index in [0.29, 0.717) is 52.6 Å². The Hall–Kier alpha value is -2.15. The first-order valence-corrected chi connectivity index (χ1v) is 11.1. The molecule has 2 rings (SSSR count). The van der Waals surface area contributed by atoms with Crippen LogP contribution in [0.5, 0.6) is 11.5 Å². The number of carbonyl (C=O) groups is 2. The molecule has 0 bridgehead atoms. The molecule has 0 fully saturated rings. The van der Waals surface area contributed by atoms with Crippen molar-refractivity contribution >= 4 is 52.3 Å². The van der Waals surface area contributed by atoms with E-state index in [4.69, 9.17) is 44.3 Å². The smallest absolute Gasteiger partial charge is 0.254 e. The molecule has 0 unspecified atom stereocenters. The van der Waals surface area contributed by atoms with Gasteiger partial charge in [0.15, 0.2) is 11.5 Å². The largest absolute Gasteiger partial charge is 0.490 e. The lowest BCUT2D eigenvalue weighted by atomic mass is 10.1. The molecule has 1 N–H and O–H groups in total. The lowest BCUT2D eigenvalue weighted by Gasteiger charge is -2.22. The maximum absolute atomic E-state index is 13.1. The zero-order chi connectivity index (χ0) is 23.0. The van der Waals surface area contributed by atoms with Gasteiger partial charge in [0.25, 0.3) is 5.91 Å². The normalized spacial score (nSPS) is 10.5. The lowest BCUT2D eigenvalue weighted by Crippen LogP contribution is -2.38. The average molecular weight is 488 g/mol. The Balaban J connectivity index is 2.21. The van der Waals surface area contributed by atoms with Gasteiger partial charge >= 0.3 is 0 Å². The molecule has 0 aliphatic carbocycles. The summed E-state index contributed by atoms with van der Waals surface area (Å²) in [5, 5.41) is 3.55. The molecule has 0 heterocycles. The lowest BCUT2D eigenvalue weighted by molar-refractivity contribution is -0.116. The van der Waals surface area contributed by atoms with Crippen molar-refractivity contribution in [2.45, 2.75) is 27.2 Å². The maximum atomic E-state index is 13.1. The molecule has 2 amide bonds. The zero-order valence-electron chi connectivity index (χ0n) is 17.6. The van der Waals surface area contributed by atoms with E-state index in [1.807, 2.05) is 13.8 Å². The van der Waals surface area contributed by atoms with Gasteiger partial charge in [-0.1, -0.05) is 47.8 Å². The van der Waals surface area contributed by atoms with Crippen LogP contribution in [-0.4, -0.2) is 43.0 Å². The number of hydrogen-bond acceptors (Lipinski definition) is 4. The molecule has 0 aliphatic heterocycles. The third kappa shape index (κ3) is 6.66. The van der Waals surface area contributed by atoms with Gasteiger partial charge in [-0.05, 0) is 44.5 Å². The van der Waals surface area contributed by atoms with Crippen molar-refractivity contribution in [3.05, 3.63) is 51.0 Å². The summed E-state index contributed by atoms with van der Waals surface area (Å²) < 4.78 is 11.3. The van der Waals surface area contributed by atoms with Crippen LogP contribution >= 0.6 is 34.8 Å². The summed E-state index contributed by atoms with van der Waals surface area (Å²) in [4.78, 5) is 27.0. The third-order valence-corrected chi connectivity index (χ3v) is 5.15. The zero-order valence-corrected chi connectivity index (χ0v) is 19.9. The number of para-hydroxylation sites is 1. The summed E-state index contributed by atoms with van der Waals surface area (Å²) in [6.07, 6.45) is 0.802. The van der Waals surface area contributed by atoms with Crippen LogP contribution in [0, 0.1) is 0 Å². The number of ether oxygens (including phenoxy) is 2. The molecule has 9 heteroatoms. The highest BCUT2D eigenvalue weighted by atomic mass is 35.5. The number of carbonyl (C=O) groups excluding carboxylic acids is 2. The summed E-state index contributed by atoms with van der Waals surface area (Å²) in [6, 6.07) is 8.00. The van der Waals surface area contributed by atoms with Gasteiger partial charge in [0.05, 0.1) is 34.0 Å². The Morgan fingerprint density at radius 3 is 2.26 bits per heavy atom. The van der Waals surface area contributed by atoms with Crippen molar-refractivity contribution in [3.63, 3.8) is 0 Å². The fourth-order valence-corrected chi connectivity index (χ4v) is 3.54. The fraction of sp³-hybridized carbons (Fsp3) is 0.364. The first kappa shape index (κ1) is 25.1. The minimum absolute atomic E-state index is 0.188. The number of amides is 2. The Labute approximate surface area is 197 Å². The number of halogens is 3. The van der Waals surface area contributed by atoms with E-state index in [9.17, 15) is 9.59 Å². The Kier molecular flexibility index (Phi) is 9.75. The minimum atomic E-state index is -0.427. The molecule has 0 atom stereocenters. The highest BCUT2D eigenvalue weighted by Gasteiger charge is 2.22. The van der Waals surface area contributed by atoms with Gasteiger partial charge in [-0.25, -0.2) is 0 Å². The van der Waals surface area contributed by atoms with Crippen LogP contribution < -0.4 is 14.8 Å². The molecule has 2 aromatic rings. The fourth-order valence-electron chi connectivity index (χ4n) is 2.78. The summed E-state index contributed by atoms with van der Waals surface area (Å²) in [5.74, 6) is -0.0109. The molecule has 0 radical (unpaired) electrons. The van der Waals surface area contributed by atoms with Gasteiger partial charge in [-0.3, -0.25) is 9.59 Å². The Morgan fingerprint density at radius 2 is 1.68 bits per heavy atom. The summed E-state index contributed by atoms with van der Waals surface area (Å²) in [7, 11) is 0. The molecule has 0 saturated heterocycles. The quantitative estimate of drug-likeness (QED) is 0.451. The number of rotatable bonds is 10. The molecule has 0 saturated carbocycles. The van der Waals surface area contributed by atoms with E-state index in [1.54, 1.807) is 31.2 Å². The van der Waals surface area contributed by atoms with Gasteiger partial charge in [-0.15, -0.1) is 0 Å². The molecule has 0 aromatic heterocycles. The number of nitrogens with zero attached hydrogens (tertiary/aromatic N) is 1. The van der Waals surface area contributed by atoms with E-state index in [2.05, 4.69) is 5.32 Å². The van der Waals surface area contributed by atoms with Crippen LogP contribution in [0.4, 0.5) is 5.69 Å². The van der Waals surface area contributed by atoms with E-state index in [-0.39, 0.29) is 17.5 Å². The highest BCUT2D eigenvalue weighted by Crippen LogP contribution is 2.37. The minimum Gasteiger partial charge on any atom is -0.490 e. The predicted octanol–water partition coefficient (Wildman–Crippen LogP) is 5.94. The van der Waals surface area contributed by atoms with Crippen molar-refractivity contribution in [2.24, 2.45) is 0 Å². The van der Waals surface area contributed by atoms with Gasteiger partial charge in [0, 0.05) is 12.1 Å². The Morgan fingerprint density at radius 1 is 1.00 bits per heavy atom. The van der Waals surface area contributed by atoms with Crippen LogP contribution in [0.1, 0.15) is 37.6 Å². The number of hydrogen-bond donors (Lipinski definition) is 1. The molecule has 2 aromatic carbocycles. The monoisotopic (exact) mass is 486 g/mol. The summed E-state index contributed by atoms with van der Waals surface area (Å²) >= 11 is 18.6. The van der Waals surface area contributed by atoms with E-state index >= 15 is 0 Å². The second kappa shape index (κ2) is 12.0. The van der Waals surface area contributed by atoms with Crippen LogP contribution in [-0.2, 0) is 4.79 Å². The third-order valence-electron chi connectivity index (χ3n) is 4.24. The highest BCUT2D eigenvalue weighted by molar-refractivity contribution is 6.39. The van der Waals surface area contributed by atoms with Crippen molar-refractivity contribution < 1.29 is 19.1 Å². The SMILES string of the molecule is CCCOc1c(Cl)cc(C(=O)N(CC)CC(=O)Nc2c(Cl)cccc2Cl)cc1OCC. The number of likely N-dealkylation sites (N-methyl/N-ethyl adjacent to an activating group) is 1. The Bertz CT molecular complexity index is 917. The molecular formula is C22H25Cl3N2O4. The van der Waals surface area contributed by atoms with Gasteiger partial charge in [0.1, 0.15) is 6.54 Å². The van der Waals surface area contributed by atoms with Gasteiger partial charge < -0.3 is 19.7 Å². The molecule has 31 heavy (non-hydrogen) atoms. The topological polar surface area (TPSA) is 67.9 Å². The number of nitrogens with one attached hydrogen (secondary N) is 1. The van der Waals surface area contributed by atoms with Crippen molar-refractivity contribution in [3.8, 4) is 11.5 Å². The van der Waals surface area contributed by atoms with Gasteiger partial charge in [0.2, 0.25) is 5.91 Å². The van der Waals surface area contributed by atoms with Crippen molar-refractivity contribution in [1.82, 2.24) is 4.90 Å². The second-order valence-corrected chi connectivity index (χ2v) is 7.75. The van der Waals surface area contributed by atoms with Crippen LogP contribution in [0.15, 0.2) is 30.3 Å². The van der Waals surface area contributed by atoms with Crippen molar-refractivity contribution in [1.29, 1.82) is 0 Å². The van der Waals surface area contributed by atoms with Crippen LogP contribution in [0.25, 0.3) is 0 Å². The first-order valence-electron chi connectivity index (χ1n) is 9.94. The van der Waals surface area contributed by atoms with E-state index < -0.39 is 5.91 Å². The average Bonchev–Trinajstić information content (AvgIpc) is 2.73. The van der Waals surface area contributed by atoms with Crippen LogP contribution in [0.3, 0.4) is 0 Å². The predicted molar refractivity (Wildman–Crippen MR) is 125 cm³/mol.